The second-order valence-corrected chi connectivity index (χ2v) is 8.85. The SMILES string of the molecule is CCOC(=O)C1=CN(c2ccc3c(c2)oc(=O)n3C)CN(C2CCCc3c(Cl)cccc32)C1=O. The topological polar surface area (TPSA) is 85.0 Å². The molecule has 2 aliphatic rings. The number of amides is 1. The molecule has 0 saturated carbocycles. The number of nitrogens with zero attached hydrogens (tertiary/aromatic N) is 3. The van der Waals surface area contributed by atoms with Gasteiger partial charge in [-0.25, -0.2) is 9.59 Å². The summed E-state index contributed by atoms with van der Waals surface area (Å²) in [6, 6.07) is 10.9. The third kappa shape index (κ3) is 3.68. The molecule has 0 N–H and O–H groups in total. The first-order valence-electron chi connectivity index (χ1n) is 11.2. The molecular weight excluding hydrogens is 458 g/mol. The van der Waals surface area contributed by atoms with Crippen LogP contribution in [0.2, 0.25) is 5.02 Å². The fraction of sp³-hybridized carbons (Fsp3) is 0.320. The van der Waals surface area contributed by atoms with E-state index < -0.39 is 11.7 Å². The number of hydrogen-bond donors (Lipinski definition) is 0. The Bertz CT molecular complexity index is 1390. The summed E-state index contributed by atoms with van der Waals surface area (Å²) < 4.78 is 11.9. The average molecular weight is 482 g/mol. The zero-order valence-electron chi connectivity index (χ0n) is 18.9. The van der Waals surface area contributed by atoms with Crippen LogP contribution < -0.4 is 10.7 Å². The van der Waals surface area contributed by atoms with Crippen LogP contribution >= 0.6 is 11.6 Å². The molecule has 0 saturated heterocycles. The molecule has 2 heterocycles. The number of esters is 1. The molecule has 3 aromatic rings. The third-order valence-electron chi connectivity index (χ3n) is 6.48. The lowest BCUT2D eigenvalue weighted by atomic mass is 9.86. The van der Waals surface area contributed by atoms with E-state index in [0.717, 1.165) is 30.4 Å². The van der Waals surface area contributed by atoms with E-state index in [1.54, 1.807) is 35.9 Å². The molecular formula is C25H24ClN3O5. The van der Waals surface area contributed by atoms with Gasteiger partial charge in [-0.05, 0) is 55.5 Å². The maximum Gasteiger partial charge on any atom is 0.419 e. The number of carbonyl (C=O) groups is 2. The first-order chi connectivity index (χ1) is 16.4. The molecule has 9 heteroatoms. The number of anilines is 1. The van der Waals surface area contributed by atoms with E-state index in [1.807, 2.05) is 24.3 Å². The molecule has 1 unspecified atom stereocenters. The summed E-state index contributed by atoms with van der Waals surface area (Å²) in [5.41, 5.74) is 3.76. The fourth-order valence-electron chi connectivity index (χ4n) is 4.78. The molecule has 1 aliphatic heterocycles. The van der Waals surface area contributed by atoms with Crippen LogP contribution in [0, 0.1) is 0 Å². The number of hydrogen-bond acceptors (Lipinski definition) is 6. The van der Waals surface area contributed by atoms with E-state index in [0.29, 0.717) is 21.8 Å². The number of aryl methyl sites for hydroxylation is 1. The predicted octanol–water partition coefficient (Wildman–Crippen LogP) is 3.92. The molecule has 1 amide bonds. The Labute approximate surface area is 200 Å². The second kappa shape index (κ2) is 8.68. The summed E-state index contributed by atoms with van der Waals surface area (Å²) in [5.74, 6) is -1.50. The lowest BCUT2D eigenvalue weighted by Crippen LogP contribution is -2.48. The van der Waals surface area contributed by atoms with Gasteiger partial charge in [0.1, 0.15) is 5.57 Å². The minimum Gasteiger partial charge on any atom is -0.462 e. The molecule has 2 aromatic carbocycles. The van der Waals surface area contributed by atoms with Crippen molar-refractivity contribution in [2.45, 2.75) is 32.2 Å². The fourth-order valence-corrected chi connectivity index (χ4v) is 5.06. The second-order valence-electron chi connectivity index (χ2n) is 8.44. The zero-order chi connectivity index (χ0) is 24.0. The van der Waals surface area contributed by atoms with Crippen molar-refractivity contribution < 1.29 is 18.7 Å². The molecule has 8 nitrogen and oxygen atoms in total. The Balaban J connectivity index is 1.58. The van der Waals surface area contributed by atoms with Gasteiger partial charge in [-0.15, -0.1) is 0 Å². The summed E-state index contributed by atoms with van der Waals surface area (Å²) >= 11 is 6.46. The van der Waals surface area contributed by atoms with E-state index in [9.17, 15) is 14.4 Å². The summed E-state index contributed by atoms with van der Waals surface area (Å²) in [4.78, 5) is 41.7. The van der Waals surface area contributed by atoms with Gasteiger partial charge in [-0.1, -0.05) is 23.7 Å². The molecule has 0 spiro atoms. The number of aromatic nitrogens is 1. The van der Waals surface area contributed by atoms with E-state index >= 15 is 0 Å². The van der Waals surface area contributed by atoms with Gasteiger partial charge in [0, 0.05) is 30.0 Å². The van der Waals surface area contributed by atoms with Crippen molar-refractivity contribution in [3.8, 4) is 0 Å². The Hall–Kier alpha value is -3.52. The number of ether oxygens (including phenoxy) is 1. The average Bonchev–Trinajstić information content (AvgIpc) is 3.12. The first-order valence-corrected chi connectivity index (χ1v) is 11.6. The lowest BCUT2D eigenvalue weighted by Gasteiger charge is -2.41. The van der Waals surface area contributed by atoms with Crippen LogP contribution in [0.25, 0.3) is 11.1 Å². The summed E-state index contributed by atoms with van der Waals surface area (Å²) in [5, 5.41) is 0.689. The molecule has 176 valence electrons. The minimum atomic E-state index is -0.670. The van der Waals surface area contributed by atoms with Crippen molar-refractivity contribution in [1.82, 2.24) is 9.47 Å². The number of benzene rings is 2. The van der Waals surface area contributed by atoms with Crippen LogP contribution in [0.1, 0.15) is 36.9 Å². The maximum atomic E-state index is 13.5. The van der Waals surface area contributed by atoms with Gasteiger partial charge in [0.2, 0.25) is 0 Å². The minimum absolute atomic E-state index is 0.0446. The van der Waals surface area contributed by atoms with Gasteiger partial charge in [0.05, 0.1) is 24.8 Å². The number of carbonyl (C=O) groups excluding carboxylic acids is 2. The molecule has 0 fully saturated rings. The highest BCUT2D eigenvalue weighted by Crippen LogP contribution is 2.39. The highest BCUT2D eigenvalue weighted by molar-refractivity contribution is 6.31. The molecule has 1 aliphatic carbocycles. The summed E-state index contributed by atoms with van der Waals surface area (Å²) in [7, 11) is 1.64. The number of fused-ring (bicyclic) bond motifs is 2. The van der Waals surface area contributed by atoms with Crippen LogP contribution in [-0.2, 0) is 27.8 Å². The predicted molar refractivity (Wildman–Crippen MR) is 127 cm³/mol. The number of rotatable bonds is 4. The number of oxazole rings is 1. The van der Waals surface area contributed by atoms with Crippen LogP contribution in [0.15, 0.2) is 57.4 Å². The Kier molecular flexibility index (Phi) is 5.69. The Morgan fingerprint density at radius 2 is 2.06 bits per heavy atom. The largest absolute Gasteiger partial charge is 0.462 e. The van der Waals surface area contributed by atoms with Gasteiger partial charge < -0.3 is 19.0 Å². The molecule has 34 heavy (non-hydrogen) atoms. The normalized spacial score (nSPS) is 18.1. The van der Waals surface area contributed by atoms with Crippen LogP contribution in [0.4, 0.5) is 5.69 Å². The molecule has 0 radical (unpaired) electrons. The summed E-state index contributed by atoms with van der Waals surface area (Å²) in [6.07, 6.45) is 4.00. The van der Waals surface area contributed by atoms with Crippen LogP contribution in [0.5, 0.6) is 0 Å². The maximum absolute atomic E-state index is 13.5. The molecule has 0 bridgehead atoms. The quantitative estimate of drug-likeness (QED) is 0.415. The first kappa shape index (κ1) is 22.3. The van der Waals surface area contributed by atoms with Gasteiger partial charge >= 0.3 is 11.7 Å². The van der Waals surface area contributed by atoms with Crippen LogP contribution in [-0.4, -0.2) is 34.6 Å². The van der Waals surface area contributed by atoms with Crippen molar-refractivity contribution in [3.63, 3.8) is 0 Å². The van der Waals surface area contributed by atoms with Gasteiger partial charge in [0.25, 0.3) is 5.91 Å². The van der Waals surface area contributed by atoms with Crippen molar-refractivity contribution in [1.29, 1.82) is 0 Å². The van der Waals surface area contributed by atoms with E-state index in [-0.39, 0.29) is 30.8 Å². The van der Waals surface area contributed by atoms with E-state index in [1.165, 1.54) is 10.8 Å². The van der Waals surface area contributed by atoms with Gasteiger partial charge in [0.15, 0.2) is 5.58 Å². The van der Waals surface area contributed by atoms with Gasteiger partial charge in [-0.2, -0.15) is 0 Å². The Morgan fingerprint density at radius 3 is 2.85 bits per heavy atom. The van der Waals surface area contributed by atoms with E-state index in [4.69, 9.17) is 20.8 Å². The molecule has 1 aromatic heterocycles. The lowest BCUT2D eigenvalue weighted by molar-refractivity contribution is -0.143. The van der Waals surface area contributed by atoms with E-state index in [2.05, 4.69) is 0 Å². The monoisotopic (exact) mass is 481 g/mol. The Morgan fingerprint density at radius 1 is 1.24 bits per heavy atom. The van der Waals surface area contributed by atoms with Gasteiger partial charge in [-0.3, -0.25) is 9.36 Å². The highest BCUT2D eigenvalue weighted by atomic mass is 35.5. The van der Waals surface area contributed by atoms with Crippen molar-refractivity contribution in [2.24, 2.45) is 7.05 Å². The van der Waals surface area contributed by atoms with Crippen molar-refractivity contribution in [2.75, 3.05) is 18.2 Å². The molecule has 1 atom stereocenters. The van der Waals surface area contributed by atoms with Crippen molar-refractivity contribution in [3.05, 3.63) is 74.9 Å². The molecule has 5 rings (SSSR count). The highest BCUT2D eigenvalue weighted by Gasteiger charge is 2.38. The van der Waals surface area contributed by atoms with Crippen LogP contribution in [0.3, 0.4) is 0 Å². The standard InChI is InChI=1S/C25H24ClN3O5/c1-3-33-24(31)18-13-28(15-10-11-21-22(12-15)34-25(32)27(21)2)14-29(23(18)30)20-9-5-6-16-17(20)7-4-8-19(16)26/h4,7-8,10-13,20H,3,5-6,9,14H2,1-2H3. The zero-order valence-corrected chi connectivity index (χ0v) is 19.7. The number of halogens is 1. The third-order valence-corrected chi connectivity index (χ3v) is 6.83. The smallest absolute Gasteiger partial charge is 0.419 e. The van der Waals surface area contributed by atoms with Crippen molar-refractivity contribution >= 4 is 40.3 Å². The summed E-state index contributed by atoms with van der Waals surface area (Å²) in [6.45, 7) is 2.08.